The summed E-state index contributed by atoms with van der Waals surface area (Å²) in [6.07, 6.45) is 0. The molecule has 0 saturated carbocycles. The molecule has 0 fully saturated rings. The number of halogens is 5. The first-order valence-electron chi connectivity index (χ1n) is 6.16. The van der Waals surface area contributed by atoms with Gasteiger partial charge in [0.25, 0.3) is 0 Å². The molecule has 0 aliphatic heterocycles. The zero-order valence-electron chi connectivity index (χ0n) is 11.3. The van der Waals surface area contributed by atoms with Gasteiger partial charge < -0.3 is 5.32 Å². The van der Waals surface area contributed by atoms with E-state index in [-0.39, 0.29) is 21.3 Å². The normalized spacial score (nSPS) is 12.3. The minimum atomic E-state index is -0.727. The van der Waals surface area contributed by atoms with E-state index in [1.165, 1.54) is 13.8 Å². The molecule has 2 aromatic rings. The van der Waals surface area contributed by atoms with Crippen molar-refractivity contribution in [3.8, 4) is 0 Å². The Morgan fingerprint density at radius 1 is 0.905 bits per heavy atom. The summed E-state index contributed by atoms with van der Waals surface area (Å²) in [5.41, 5.74) is 0.105. The summed E-state index contributed by atoms with van der Waals surface area (Å²) in [5, 5.41) is 2.64. The highest BCUT2D eigenvalue weighted by Gasteiger charge is 2.16. The molecule has 0 aliphatic carbocycles. The number of anilines is 1. The Morgan fingerprint density at radius 3 is 2.24 bits per heavy atom. The number of aryl methyl sites for hydroxylation is 1. The fourth-order valence-corrected chi connectivity index (χ4v) is 2.25. The van der Waals surface area contributed by atoms with Gasteiger partial charge in [-0.25, -0.2) is 17.6 Å². The van der Waals surface area contributed by atoms with Crippen molar-refractivity contribution in [2.75, 3.05) is 5.32 Å². The largest absolute Gasteiger partial charge is 0.376 e. The maximum absolute atomic E-state index is 13.8. The predicted molar refractivity (Wildman–Crippen MR) is 77.2 cm³/mol. The molecule has 6 heteroatoms. The average molecular weight is 362 g/mol. The molecular weight excluding hydrogens is 350 g/mol. The molecule has 0 amide bonds. The van der Waals surface area contributed by atoms with E-state index in [9.17, 15) is 17.6 Å². The molecule has 0 heterocycles. The molecule has 0 spiro atoms. The van der Waals surface area contributed by atoms with Crippen molar-refractivity contribution in [3.63, 3.8) is 0 Å². The van der Waals surface area contributed by atoms with Crippen LogP contribution in [-0.4, -0.2) is 0 Å². The smallest absolute Gasteiger partial charge is 0.147 e. The Bertz CT molecular complexity index is 688. The highest BCUT2D eigenvalue weighted by Crippen LogP contribution is 2.28. The summed E-state index contributed by atoms with van der Waals surface area (Å²) in [6.45, 7) is 2.98. The van der Waals surface area contributed by atoms with Crippen LogP contribution in [0.2, 0.25) is 0 Å². The molecule has 0 saturated heterocycles. The Hall–Kier alpha value is -1.56. The molecule has 0 bridgehead atoms. The second kappa shape index (κ2) is 6.05. The van der Waals surface area contributed by atoms with Crippen molar-refractivity contribution in [2.45, 2.75) is 19.9 Å². The average Bonchev–Trinajstić information content (AvgIpc) is 2.40. The van der Waals surface area contributed by atoms with Crippen molar-refractivity contribution in [1.29, 1.82) is 0 Å². The minimum absolute atomic E-state index is 0.00855. The summed E-state index contributed by atoms with van der Waals surface area (Å²) >= 11 is 2.87. The zero-order chi connectivity index (χ0) is 15.7. The number of benzene rings is 2. The van der Waals surface area contributed by atoms with Gasteiger partial charge in [-0.3, -0.25) is 0 Å². The van der Waals surface area contributed by atoms with Gasteiger partial charge in [-0.15, -0.1) is 0 Å². The summed E-state index contributed by atoms with van der Waals surface area (Å²) in [4.78, 5) is 0. The van der Waals surface area contributed by atoms with Crippen LogP contribution in [0.15, 0.2) is 28.7 Å². The van der Waals surface area contributed by atoms with Crippen LogP contribution in [0.4, 0.5) is 23.2 Å². The second-order valence-corrected chi connectivity index (χ2v) is 5.59. The van der Waals surface area contributed by atoms with Gasteiger partial charge in [0, 0.05) is 11.6 Å². The lowest BCUT2D eigenvalue weighted by molar-refractivity contribution is 0.568. The fourth-order valence-electron chi connectivity index (χ4n) is 1.94. The fraction of sp³-hybridized carbons (Fsp3) is 0.200. The van der Waals surface area contributed by atoms with E-state index in [1.54, 1.807) is 0 Å². The molecule has 112 valence electrons. The lowest BCUT2D eigenvalue weighted by Gasteiger charge is -2.18. The number of hydrogen-bond donors (Lipinski definition) is 1. The Morgan fingerprint density at radius 2 is 1.57 bits per heavy atom. The number of hydrogen-bond acceptors (Lipinski definition) is 1. The molecule has 1 atom stereocenters. The molecule has 0 aromatic heterocycles. The first kappa shape index (κ1) is 15.8. The van der Waals surface area contributed by atoms with E-state index in [4.69, 9.17) is 0 Å². The summed E-state index contributed by atoms with van der Waals surface area (Å²) in [6, 6.07) is 3.32. The van der Waals surface area contributed by atoms with Gasteiger partial charge >= 0.3 is 0 Å². The zero-order valence-corrected chi connectivity index (χ0v) is 12.9. The van der Waals surface area contributed by atoms with Crippen LogP contribution >= 0.6 is 15.9 Å². The third kappa shape index (κ3) is 3.37. The Labute approximate surface area is 128 Å². The first-order valence-corrected chi connectivity index (χ1v) is 6.95. The second-order valence-electron chi connectivity index (χ2n) is 4.74. The molecule has 1 nitrogen and oxygen atoms in total. The molecule has 2 rings (SSSR count). The SMILES string of the molecule is Cc1cc(F)c(C(C)Nc2cc(F)c(Br)cc2F)cc1F. The molecular formula is C15H12BrF4N. The van der Waals surface area contributed by atoms with Crippen LogP contribution in [0.3, 0.4) is 0 Å². The first-order chi connectivity index (χ1) is 9.79. The standard InChI is InChI=1S/C15H12BrF4N/c1-7-3-12(18)9(4-11(7)17)8(2)21-15-6-13(19)10(16)5-14(15)20/h3-6,8,21H,1-2H3. The Kier molecular flexibility index (Phi) is 4.56. The molecule has 2 aromatic carbocycles. The highest BCUT2D eigenvalue weighted by atomic mass is 79.9. The maximum atomic E-state index is 13.8. The van der Waals surface area contributed by atoms with E-state index in [2.05, 4.69) is 21.2 Å². The van der Waals surface area contributed by atoms with Crippen LogP contribution in [0.5, 0.6) is 0 Å². The van der Waals surface area contributed by atoms with E-state index in [0.717, 1.165) is 24.3 Å². The number of rotatable bonds is 3. The van der Waals surface area contributed by atoms with Crippen LogP contribution < -0.4 is 5.32 Å². The topological polar surface area (TPSA) is 12.0 Å². The lowest BCUT2D eigenvalue weighted by Crippen LogP contribution is -2.11. The minimum Gasteiger partial charge on any atom is -0.376 e. The quantitative estimate of drug-likeness (QED) is 0.563. The maximum Gasteiger partial charge on any atom is 0.147 e. The van der Waals surface area contributed by atoms with Gasteiger partial charge in [0.15, 0.2) is 0 Å². The molecule has 0 radical (unpaired) electrons. The van der Waals surface area contributed by atoms with Crippen LogP contribution in [0.1, 0.15) is 24.1 Å². The van der Waals surface area contributed by atoms with Crippen LogP contribution in [-0.2, 0) is 0 Å². The van der Waals surface area contributed by atoms with Crippen molar-refractivity contribution in [1.82, 2.24) is 0 Å². The van der Waals surface area contributed by atoms with Gasteiger partial charge in [0.05, 0.1) is 16.2 Å². The summed E-state index contributed by atoms with van der Waals surface area (Å²) in [7, 11) is 0. The number of nitrogens with one attached hydrogen (secondary N) is 1. The Balaban J connectivity index is 2.32. The third-order valence-corrected chi connectivity index (χ3v) is 3.73. The van der Waals surface area contributed by atoms with Crippen molar-refractivity contribution in [2.24, 2.45) is 0 Å². The van der Waals surface area contributed by atoms with Crippen molar-refractivity contribution < 1.29 is 17.6 Å². The van der Waals surface area contributed by atoms with Gasteiger partial charge in [-0.05, 0) is 53.5 Å². The predicted octanol–water partition coefficient (Wildman–Crippen LogP) is 5.49. The van der Waals surface area contributed by atoms with E-state index >= 15 is 0 Å². The summed E-state index contributed by atoms with van der Waals surface area (Å²) < 4.78 is 54.5. The monoisotopic (exact) mass is 361 g/mol. The van der Waals surface area contributed by atoms with Gasteiger partial charge in [-0.1, -0.05) is 0 Å². The van der Waals surface area contributed by atoms with Crippen molar-refractivity contribution in [3.05, 3.63) is 63.1 Å². The van der Waals surface area contributed by atoms with Crippen LogP contribution in [0, 0.1) is 30.2 Å². The van der Waals surface area contributed by atoms with E-state index in [1.807, 2.05) is 0 Å². The van der Waals surface area contributed by atoms with Crippen LogP contribution in [0.25, 0.3) is 0 Å². The summed E-state index contributed by atoms with van der Waals surface area (Å²) in [5.74, 6) is -2.50. The molecule has 1 N–H and O–H groups in total. The third-order valence-electron chi connectivity index (χ3n) is 3.13. The highest BCUT2D eigenvalue weighted by molar-refractivity contribution is 9.10. The van der Waals surface area contributed by atoms with Crippen molar-refractivity contribution >= 4 is 21.6 Å². The lowest BCUT2D eigenvalue weighted by atomic mass is 10.0. The molecule has 1 unspecified atom stereocenters. The van der Waals surface area contributed by atoms with E-state index in [0.29, 0.717) is 0 Å². The van der Waals surface area contributed by atoms with Gasteiger partial charge in [-0.2, -0.15) is 0 Å². The van der Waals surface area contributed by atoms with E-state index < -0.39 is 29.3 Å². The van der Waals surface area contributed by atoms with Gasteiger partial charge in [0.1, 0.15) is 23.3 Å². The molecule has 21 heavy (non-hydrogen) atoms. The molecule has 0 aliphatic rings. The van der Waals surface area contributed by atoms with Gasteiger partial charge in [0.2, 0.25) is 0 Å².